The number of hydrogen-bond donors (Lipinski definition) is 0. The van der Waals surface area contributed by atoms with Crippen LogP contribution in [0.3, 0.4) is 0 Å². The van der Waals surface area contributed by atoms with Gasteiger partial charge in [0.2, 0.25) is 5.83 Å². The quantitative estimate of drug-likeness (QED) is 0.195. The second kappa shape index (κ2) is 10.3. The van der Waals surface area contributed by atoms with Crippen molar-refractivity contribution in [3.05, 3.63) is 11.4 Å². The smallest absolute Gasteiger partial charge is 0.201 e. The Balaban J connectivity index is 7.84. The molecule has 0 unspecified atom stereocenters. The first kappa shape index (κ1) is 42.6. The zero-order chi connectivity index (χ0) is 37.7. The average Bonchev–Trinajstić information content (AvgIpc) is 2.75. The van der Waals surface area contributed by atoms with Crippen molar-refractivity contribution in [1.29, 1.82) is 0 Å². The third-order valence-corrected chi connectivity index (χ3v) is 4.96. The lowest BCUT2D eigenvalue weighted by atomic mass is 9.84. The normalized spacial score (nSPS) is 17.5. The summed E-state index contributed by atoms with van der Waals surface area (Å²) in [6.45, 7) is 0. The number of hydrogen-bond acceptors (Lipinski definition) is 0. The number of rotatable bonds is 10. The standard InChI is InChI=1S/C15F30/c16-2(5(21,22)23)1(4(19,20)14(40,41)42)3(17,18)6(24,25)7(26,27)8(28,29)9(30,31)10(32,33)11(34,35)12(36,37)13(38,39)15(43,44)45. The summed E-state index contributed by atoms with van der Waals surface area (Å²) >= 11 is 0. The second-order valence-electron chi connectivity index (χ2n) is 7.93. The molecule has 0 amide bonds. The van der Waals surface area contributed by atoms with Crippen LogP contribution in [-0.4, -0.2) is 77.8 Å². The van der Waals surface area contributed by atoms with Gasteiger partial charge in [-0.2, -0.15) is 127 Å². The summed E-state index contributed by atoms with van der Waals surface area (Å²) in [5.74, 6) is -101. The van der Waals surface area contributed by atoms with Crippen LogP contribution in [0, 0.1) is 0 Å². The molecule has 0 aliphatic rings. The molecule has 0 bridgehead atoms. The average molecular weight is 750 g/mol. The van der Waals surface area contributed by atoms with E-state index in [0.717, 1.165) is 0 Å². The summed E-state index contributed by atoms with van der Waals surface area (Å²) in [5.41, 5.74) is -6.42. The van der Waals surface area contributed by atoms with Crippen molar-refractivity contribution < 1.29 is 132 Å². The van der Waals surface area contributed by atoms with Crippen molar-refractivity contribution in [1.82, 2.24) is 0 Å². The molecule has 0 aromatic carbocycles. The Morgan fingerprint density at radius 3 is 0.667 bits per heavy atom. The molecule has 0 aliphatic heterocycles. The van der Waals surface area contributed by atoms with Crippen molar-refractivity contribution in [3.63, 3.8) is 0 Å². The Morgan fingerprint density at radius 2 is 0.467 bits per heavy atom. The third-order valence-electron chi connectivity index (χ3n) is 4.96. The molecule has 30 heteroatoms. The Bertz CT molecular complexity index is 1120. The zero-order valence-corrected chi connectivity index (χ0v) is 18.8. The van der Waals surface area contributed by atoms with E-state index in [1.807, 2.05) is 0 Å². The molecule has 0 aliphatic carbocycles. The van der Waals surface area contributed by atoms with Crippen molar-refractivity contribution in [2.75, 3.05) is 0 Å². The minimum absolute atomic E-state index is 5.97. The molecule has 0 atom stereocenters. The Kier molecular flexibility index (Phi) is 9.78. The maximum absolute atomic E-state index is 13.8. The molecule has 0 rings (SSSR count). The Hall–Kier alpha value is -2.36. The fourth-order valence-corrected chi connectivity index (χ4v) is 2.47. The fourth-order valence-electron chi connectivity index (χ4n) is 2.47. The summed E-state index contributed by atoms with van der Waals surface area (Å²) in [5, 5.41) is 0. The van der Waals surface area contributed by atoms with Crippen molar-refractivity contribution in [2.24, 2.45) is 0 Å². The molecule has 45 heavy (non-hydrogen) atoms. The summed E-state index contributed by atoms with van der Waals surface area (Å²) in [7, 11) is 0. The summed E-state index contributed by atoms with van der Waals surface area (Å²) in [4.78, 5) is 0. The summed E-state index contributed by atoms with van der Waals surface area (Å²) in [6.07, 6.45) is -24.5. The van der Waals surface area contributed by atoms with Crippen LogP contribution in [0.1, 0.15) is 0 Å². The third kappa shape index (κ3) is 5.44. The van der Waals surface area contributed by atoms with Crippen molar-refractivity contribution >= 4 is 0 Å². The van der Waals surface area contributed by atoms with E-state index >= 15 is 0 Å². The largest absolute Gasteiger partial charge is 0.460 e. The maximum Gasteiger partial charge on any atom is 0.460 e. The highest BCUT2D eigenvalue weighted by atomic mass is 19.4. The van der Waals surface area contributed by atoms with E-state index in [1.54, 1.807) is 0 Å². The zero-order valence-electron chi connectivity index (χ0n) is 18.8. The van der Waals surface area contributed by atoms with Gasteiger partial charge in [0.05, 0.1) is 0 Å². The Labute approximate surface area is 222 Å². The molecule has 0 heterocycles. The van der Waals surface area contributed by atoms with Crippen LogP contribution in [0.5, 0.6) is 0 Å². The van der Waals surface area contributed by atoms with Crippen LogP contribution in [0.2, 0.25) is 0 Å². The van der Waals surface area contributed by atoms with Crippen LogP contribution < -0.4 is 0 Å². The van der Waals surface area contributed by atoms with Gasteiger partial charge in [0, 0.05) is 0 Å². The molecule has 0 nitrogen and oxygen atoms in total. The van der Waals surface area contributed by atoms with E-state index in [1.165, 1.54) is 0 Å². The molecule has 0 aromatic heterocycles. The van der Waals surface area contributed by atoms with Crippen LogP contribution in [0.4, 0.5) is 132 Å². The van der Waals surface area contributed by atoms with Gasteiger partial charge in [-0.25, -0.2) is 4.39 Å². The highest BCUT2D eigenvalue weighted by molar-refractivity contribution is 5.34. The molecule has 0 saturated carbocycles. The molecule has 0 fully saturated rings. The molecule has 0 saturated heterocycles. The minimum Gasteiger partial charge on any atom is -0.201 e. The lowest BCUT2D eigenvalue weighted by Crippen LogP contribution is -2.77. The summed E-state index contributed by atoms with van der Waals surface area (Å²) in [6, 6.07) is 0. The lowest BCUT2D eigenvalue weighted by Gasteiger charge is -2.45. The van der Waals surface area contributed by atoms with Gasteiger partial charge in [-0.05, 0) is 0 Å². The number of alkyl halides is 29. The number of halogens is 30. The van der Waals surface area contributed by atoms with E-state index in [-0.39, 0.29) is 0 Å². The van der Waals surface area contributed by atoms with Gasteiger partial charge < -0.3 is 0 Å². The van der Waals surface area contributed by atoms with Gasteiger partial charge in [-0.15, -0.1) is 0 Å². The van der Waals surface area contributed by atoms with Gasteiger partial charge in [0.25, 0.3) is 0 Å². The fraction of sp³-hybridized carbons (Fsp3) is 0.867. The van der Waals surface area contributed by atoms with Gasteiger partial charge in [-0.1, -0.05) is 0 Å². The van der Waals surface area contributed by atoms with E-state index in [2.05, 4.69) is 0 Å². The van der Waals surface area contributed by atoms with E-state index in [0.29, 0.717) is 0 Å². The van der Waals surface area contributed by atoms with Gasteiger partial charge in [0.15, 0.2) is 0 Å². The molecular weight excluding hydrogens is 750 g/mol. The predicted octanol–water partition coefficient (Wildman–Crippen LogP) is 10.2. The van der Waals surface area contributed by atoms with E-state index < -0.39 is 89.2 Å². The summed E-state index contributed by atoms with van der Waals surface area (Å²) < 4.78 is 391. The van der Waals surface area contributed by atoms with Crippen LogP contribution in [0.25, 0.3) is 0 Å². The van der Waals surface area contributed by atoms with Crippen LogP contribution in [0.15, 0.2) is 11.4 Å². The molecule has 0 spiro atoms. The predicted molar refractivity (Wildman–Crippen MR) is 75.8 cm³/mol. The monoisotopic (exact) mass is 750 g/mol. The second-order valence-corrected chi connectivity index (χ2v) is 7.93. The van der Waals surface area contributed by atoms with E-state index in [9.17, 15) is 132 Å². The highest BCUT2D eigenvalue weighted by Gasteiger charge is 2.98. The SMILES string of the molecule is FC(=C(C(F)(F)C(F)(F)F)C(F)(F)C(F)(F)C(F)(F)C(F)(F)C(F)(F)C(F)(F)C(F)(F)C(F)(F)C(F)(F)C(F)(F)F)C(F)(F)F. The Morgan fingerprint density at radius 1 is 0.244 bits per heavy atom. The van der Waals surface area contributed by atoms with Gasteiger partial charge >= 0.3 is 77.8 Å². The molecule has 0 N–H and O–H groups in total. The van der Waals surface area contributed by atoms with Crippen molar-refractivity contribution in [3.8, 4) is 0 Å². The first-order chi connectivity index (χ1) is 18.8. The first-order valence-electron chi connectivity index (χ1n) is 9.17. The number of allylic oxidation sites excluding steroid dienone is 2. The van der Waals surface area contributed by atoms with Crippen LogP contribution >= 0.6 is 0 Å². The van der Waals surface area contributed by atoms with Gasteiger partial charge in [-0.3, -0.25) is 0 Å². The lowest BCUT2D eigenvalue weighted by molar-refractivity contribution is -0.473. The van der Waals surface area contributed by atoms with Crippen LogP contribution in [-0.2, 0) is 0 Å². The topological polar surface area (TPSA) is 0 Å². The highest BCUT2D eigenvalue weighted by Crippen LogP contribution is 2.67. The molecule has 270 valence electrons. The minimum atomic E-state index is -9.93. The molecule has 0 radical (unpaired) electrons. The molecule has 0 aromatic rings. The first-order valence-corrected chi connectivity index (χ1v) is 9.17. The van der Waals surface area contributed by atoms with E-state index in [4.69, 9.17) is 0 Å². The van der Waals surface area contributed by atoms with Gasteiger partial charge in [0.1, 0.15) is 5.57 Å². The maximum atomic E-state index is 13.8. The van der Waals surface area contributed by atoms with Crippen molar-refractivity contribution in [2.45, 2.75) is 77.8 Å². The molecular formula is C15F30.